The van der Waals surface area contributed by atoms with E-state index in [2.05, 4.69) is 14.9 Å². The molecular formula is C17H16N2O5S. The van der Waals surface area contributed by atoms with Crippen molar-refractivity contribution in [2.45, 2.75) is 24.5 Å². The second kappa shape index (κ2) is 7.89. The molecule has 0 radical (unpaired) electrons. The number of aryl methyl sites for hydroxylation is 1. The third kappa shape index (κ3) is 4.63. The fourth-order valence-electron chi connectivity index (χ4n) is 1.93. The van der Waals surface area contributed by atoms with Crippen molar-refractivity contribution < 1.29 is 23.1 Å². The second-order valence-corrected chi connectivity index (χ2v) is 6.04. The molecular weight excluding hydrogens is 344 g/mol. The molecule has 3 aromatic rings. The summed E-state index contributed by atoms with van der Waals surface area (Å²) in [6.45, 7) is 2.21. The highest BCUT2D eigenvalue weighted by atomic mass is 32.2. The van der Waals surface area contributed by atoms with Crippen molar-refractivity contribution in [3.05, 3.63) is 59.4 Å². The van der Waals surface area contributed by atoms with Crippen molar-refractivity contribution in [3.8, 4) is 5.75 Å². The lowest BCUT2D eigenvalue weighted by Gasteiger charge is -2.02. The number of aromatic nitrogens is 2. The maximum absolute atomic E-state index is 11.3. The number of nitrogens with zero attached hydrogens (tertiary/aromatic N) is 2. The molecule has 0 unspecified atom stereocenters. The molecule has 25 heavy (non-hydrogen) atoms. The molecule has 7 nitrogen and oxygen atoms in total. The van der Waals surface area contributed by atoms with E-state index in [1.807, 2.05) is 31.2 Å². The Kier molecular flexibility index (Phi) is 5.39. The maximum atomic E-state index is 11.3. The highest BCUT2D eigenvalue weighted by Crippen LogP contribution is 2.23. The molecule has 1 aromatic carbocycles. The summed E-state index contributed by atoms with van der Waals surface area (Å²) in [6, 6.07) is 11.0. The first kappa shape index (κ1) is 17.1. The third-order valence-corrected chi connectivity index (χ3v) is 4.06. The van der Waals surface area contributed by atoms with Crippen molar-refractivity contribution in [1.29, 1.82) is 0 Å². The number of methoxy groups -OCH3 is 1. The second-order valence-electron chi connectivity index (χ2n) is 5.11. The van der Waals surface area contributed by atoms with Crippen LogP contribution in [0.3, 0.4) is 0 Å². The molecule has 2 aromatic heterocycles. The van der Waals surface area contributed by atoms with Gasteiger partial charge in [0, 0.05) is 0 Å². The van der Waals surface area contributed by atoms with Crippen LogP contribution in [0.5, 0.6) is 5.75 Å². The van der Waals surface area contributed by atoms with Crippen molar-refractivity contribution in [1.82, 2.24) is 10.2 Å². The van der Waals surface area contributed by atoms with Gasteiger partial charge < -0.3 is 18.3 Å². The SMILES string of the molecule is COC(=O)c1ccc(CSc2nnc(COc3ccc(C)cc3)o2)o1. The Morgan fingerprint density at radius 1 is 1.12 bits per heavy atom. The van der Waals surface area contributed by atoms with Crippen molar-refractivity contribution in [2.75, 3.05) is 7.11 Å². The van der Waals surface area contributed by atoms with Crippen molar-refractivity contribution >= 4 is 17.7 Å². The Morgan fingerprint density at radius 3 is 2.68 bits per heavy atom. The van der Waals surface area contributed by atoms with E-state index in [4.69, 9.17) is 13.6 Å². The van der Waals surface area contributed by atoms with Crippen LogP contribution in [0.1, 0.15) is 27.8 Å². The Morgan fingerprint density at radius 2 is 1.92 bits per heavy atom. The zero-order valence-corrected chi connectivity index (χ0v) is 14.5. The highest BCUT2D eigenvalue weighted by Gasteiger charge is 2.13. The number of ether oxygens (including phenoxy) is 2. The van der Waals surface area contributed by atoms with Crippen LogP contribution in [0.25, 0.3) is 0 Å². The molecule has 0 saturated heterocycles. The fraction of sp³-hybridized carbons (Fsp3) is 0.235. The molecule has 0 amide bonds. The monoisotopic (exact) mass is 360 g/mol. The van der Waals surface area contributed by atoms with Gasteiger partial charge in [-0.15, -0.1) is 10.2 Å². The fourth-order valence-corrected chi connectivity index (χ4v) is 2.61. The van der Waals surface area contributed by atoms with Crippen LogP contribution < -0.4 is 4.74 Å². The summed E-state index contributed by atoms with van der Waals surface area (Å²) in [5, 5.41) is 8.29. The Bertz CT molecular complexity index is 841. The van der Waals surface area contributed by atoms with Gasteiger partial charge in [-0.25, -0.2) is 4.79 Å². The molecule has 0 atom stereocenters. The van der Waals surface area contributed by atoms with E-state index in [1.54, 1.807) is 12.1 Å². The Hall–Kier alpha value is -2.74. The van der Waals surface area contributed by atoms with Crippen LogP contribution in [0.4, 0.5) is 0 Å². The summed E-state index contributed by atoms with van der Waals surface area (Å²) in [5.41, 5.74) is 1.16. The summed E-state index contributed by atoms with van der Waals surface area (Å²) in [4.78, 5) is 11.3. The van der Waals surface area contributed by atoms with Gasteiger partial charge in [-0.05, 0) is 31.2 Å². The zero-order chi connectivity index (χ0) is 17.6. The van der Waals surface area contributed by atoms with Gasteiger partial charge in [0.15, 0.2) is 6.61 Å². The van der Waals surface area contributed by atoms with Gasteiger partial charge in [0.05, 0.1) is 12.9 Å². The van der Waals surface area contributed by atoms with Gasteiger partial charge in [0.25, 0.3) is 11.1 Å². The van der Waals surface area contributed by atoms with Crippen LogP contribution in [-0.4, -0.2) is 23.3 Å². The molecule has 0 saturated carbocycles. The highest BCUT2D eigenvalue weighted by molar-refractivity contribution is 7.98. The molecule has 130 valence electrons. The lowest BCUT2D eigenvalue weighted by Crippen LogP contribution is -1.98. The van der Waals surface area contributed by atoms with E-state index < -0.39 is 5.97 Å². The standard InChI is InChI=1S/C17H16N2O5S/c1-11-3-5-12(6-4-11)22-9-15-18-19-17(24-15)25-10-13-7-8-14(23-13)16(20)21-2/h3-8H,9-10H2,1-2H3. The molecule has 2 heterocycles. The maximum Gasteiger partial charge on any atom is 0.373 e. The van der Waals surface area contributed by atoms with Gasteiger partial charge in [-0.3, -0.25) is 0 Å². The van der Waals surface area contributed by atoms with Gasteiger partial charge in [-0.1, -0.05) is 29.5 Å². The van der Waals surface area contributed by atoms with Gasteiger partial charge in [-0.2, -0.15) is 0 Å². The molecule has 0 N–H and O–H groups in total. The summed E-state index contributed by atoms with van der Waals surface area (Å²) in [5.74, 6) is 1.85. The molecule has 0 aliphatic heterocycles. The van der Waals surface area contributed by atoms with Crippen molar-refractivity contribution in [3.63, 3.8) is 0 Å². The van der Waals surface area contributed by atoms with Crippen LogP contribution >= 0.6 is 11.8 Å². The predicted octanol–water partition coefficient (Wildman–Crippen LogP) is 3.63. The lowest BCUT2D eigenvalue weighted by atomic mass is 10.2. The Balaban J connectivity index is 1.50. The van der Waals surface area contributed by atoms with E-state index in [1.165, 1.54) is 18.9 Å². The minimum Gasteiger partial charge on any atom is -0.484 e. The lowest BCUT2D eigenvalue weighted by molar-refractivity contribution is 0.0563. The first-order valence-corrected chi connectivity index (χ1v) is 8.44. The van der Waals surface area contributed by atoms with Crippen LogP contribution in [0, 0.1) is 6.92 Å². The van der Waals surface area contributed by atoms with E-state index in [-0.39, 0.29) is 12.4 Å². The molecule has 0 aliphatic rings. The van der Waals surface area contributed by atoms with Crippen LogP contribution in [0.15, 0.2) is 50.5 Å². The van der Waals surface area contributed by atoms with E-state index in [0.717, 1.165) is 11.3 Å². The minimum absolute atomic E-state index is 0.163. The third-order valence-electron chi connectivity index (χ3n) is 3.22. The number of thioether (sulfide) groups is 1. The molecule has 0 spiro atoms. The van der Waals surface area contributed by atoms with E-state index in [0.29, 0.717) is 22.6 Å². The van der Waals surface area contributed by atoms with Crippen LogP contribution in [0.2, 0.25) is 0 Å². The largest absolute Gasteiger partial charge is 0.484 e. The number of hydrogen-bond acceptors (Lipinski definition) is 8. The number of furan rings is 1. The first-order valence-electron chi connectivity index (χ1n) is 7.45. The summed E-state index contributed by atoms with van der Waals surface area (Å²) in [7, 11) is 1.30. The number of carbonyl (C=O) groups is 1. The molecule has 0 aliphatic carbocycles. The minimum atomic E-state index is -0.510. The first-order chi connectivity index (χ1) is 12.1. The quantitative estimate of drug-likeness (QED) is 0.466. The predicted molar refractivity (Wildman–Crippen MR) is 89.4 cm³/mol. The normalized spacial score (nSPS) is 10.6. The smallest absolute Gasteiger partial charge is 0.373 e. The topological polar surface area (TPSA) is 87.6 Å². The molecule has 3 rings (SSSR count). The zero-order valence-electron chi connectivity index (χ0n) is 13.7. The number of benzene rings is 1. The van der Waals surface area contributed by atoms with Crippen LogP contribution in [-0.2, 0) is 17.1 Å². The average Bonchev–Trinajstić information content (AvgIpc) is 3.28. The number of hydrogen-bond donors (Lipinski definition) is 0. The van der Waals surface area contributed by atoms with E-state index >= 15 is 0 Å². The summed E-state index contributed by atoms with van der Waals surface area (Å²) in [6.07, 6.45) is 0. The van der Waals surface area contributed by atoms with Gasteiger partial charge >= 0.3 is 5.97 Å². The number of rotatable bonds is 7. The molecule has 0 fully saturated rings. The molecule has 8 heteroatoms. The summed E-state index contributed by atoms with van der Waals surface area (Å²) >= 11 is 1.31. The summed E-state index contributed by atoms with van der Waals surface area (Å²) < 4.78 is 21.1. The molecule has 0 bridgehead atoms. The van der Waals surface area contributed by atoms with E-state index in [9.17, 15) is 4.79 Å². The average molecular weight is 360 g/mol. The Labute approximate surface area is 148 Å². The van der Waals surface area contributed by atoms with Crippen molar-refractivity contribution in [2.24, 2.45) is 0 Å². The number of carbonyl (C=O) groups excluding carboxylic acids is 1. The van der Waals surface area contributed by atoms with Gasteiger partial charge in [0.2, 0.25) is 5.76 Å². The van der Waals surface area contributed by atoms with Gasteiger partial charge in [0.1, 0.15) is 11.5 Å². The number of esters is 1.